The predicted octanol–water partition coefficient (Wildman–Crippen LogP) is 5.38. The summed E-state index contributed by atoms with van der Waals surface area (Å²) < 4.78 is 5.36. The fraction of sp³-hybridized carbons (Fsp3) is 0.143. The smallest absolute Gasteiger partial charge is 0.239 e. The third kappa shape index (κ3) is 5.07. The van der Waals surface area contributed by atoms with Gasteiger partial charge < -0.3 is 10.1 Å². The molecule has 2 aromatic heterocycles. The number of nitrogens with zero attached hydrogens (tertiary/aromatic N) is 3. The lowest BCUT2D eigenvalue weighted by atomic mass is 10.2. The van der Waals surface area contributed by atoms with Gasteiger partial charge in [0, 0.05) is 16.0 Å². The minimum absolute atomic E-state index is 0.175. The van der Waals surface area contributed by atoms with Gasteiger partial charge in [-0.25, -0.2) is 9.97 Å². The van der Waals surface area contributed by atoms with E-state index in [9.17, 15) is 4.79 Å². The van der Waals surface area contributed by atoms with Gasteiger partial charge in [0.25, 0.3) is 0 Å². The molecule has 0 aliphatic heterocycles. The minimum atomic E-state index is -0.422. The van der Waals surface area contributed by atoms with Gasteiger partial charge in [-0.05, 0) is 25.1 Å². The highest BCUT2D eigenvalue weighted by Crippen LogP contribution is 2.32. The number of amides is 1. The first-order valence-electron chi connectivity index (χ1n) is 9.28. The molecule has 0 fully saturated rings. The number of rotatable bonds is 7. The van der Waals surface area contributed by atoms with Crippen LogP contribution in [0.1, 0.15) is 6.92 Å². The van der Waals surface area contributed by atoms with Crippen molar-refractivity contribution < 1.29 is 9.53 Å². The number of carbonyl (C=O) groups excluding carboxylic acids is 1. The van der Waals surface area contributed by atoms with E-state index in [1.54, 1.807) is 32.2 Å². The molecule has 10 heteroatoms. The minimum Gasteiger partial charge on any atom is -0.496 e. The van der Waals surface area contributed by atoms with Gasteiger partial charge in [0.2, 0.25) is 11.1 Å². The molecule has 2 heterocycles. The van der Waals surface area contributed by atoms with Gasteiger partial charge >= 0.3 is 0 Å². The van der Waals surface area contributed by atoms with Crippen LogP contribution in [0.15, 0.2) is 59.1 Å². The Labute approximate surface area is 192 Å². The second kappa shape index (κ2) is 9.51. The van der Waals surface area contributed by atoms with Crippen LogP contribution in [0.3, 0.4) is 0 Å². The van der Waals surface area contributed by atoms with E-state index in [-0.39, 0.29) is 5.91 Å². The number of thiazole rings is 1. The van der Waals surface area contributed by atoms with Crippen LogP contribution in [0.2, 0.25) is 5.02 Å². The number of aromatic nitrogens is 4. The molecule has 1 atom stereocenters. The molecular weight excluding hydrogens is 454 g/mol. The van der Waals surface area contributed by atoms with Crippen LogP contribution in [0.5, 0.6) is 5.75 Å². The molecule has 4 rings (SSSR count). The van der Waals surface area contributed by atoms with Crippen LogP contribution in [-0.2, 0) is 4.79 Å². The average Bonchev–Trinajstić information content (AvgIpc) is 3.44. The molecule has 1 unspecified atom stereocenters. The molecule has 31 heavy (non-hydrogen) atoms. The van der Waals surface area contributed by atoms with Crippen molar-refractivity contribution in [3.63, 3.8) is 0 Å². The fourth-order valence-corrected chi connectivity index (χ4v) is 4.40. The Hall–Kier alpha value is -2.88. The number of carbonyl (C=O) groups is 1. The first kappa shape index (κ1) is 21.4. The van der Waals surface area contributed by atoms with Gasteiger partial charge in [-0.2, -0.15) is 0 Å². The summed E-state index contributed by atoms with van der Waals surface area (Å²) in [6.07, 6.45) is 0. The molecule has 0 bridgehead atoms. The van der Waals surface area contributed by atoms with Crippen LogP contribution in [0, 0.1) is 0 Å². The van der Waals surface area contributed by atoms with Crippen LogP contribution >= 0.6 is 34.7 Å². The second-order valence-electron chi connectivity index (χ2n) is 6.46. The molecule has 0 saturated heterocycles. The maximum atomic E-state index is 12.6. The highest BCUT2D eigenvalue weighted by molar-refractivity contribution is 8.00. The Bertz CT molecular complexity index is 1200. The first-order chi connectivity index (χ1) is 15.0. The summed E-state index contributed by atoms with van der Waals surface area (Å²) in [4.78, 5) is 21.6. The van der Waals surface area contributed by atoms with Gasteiger partial charge in [0.05, 0.1) is 23.6 Å². The Morgan fingerprint density at radius 2 is 2.03 bits per heavy atom. The van der Waals surface area contributed by atoms with E-state index >= 15 is 0 Å². The van der Waals surface area contributed by atoms with Crippen LogP contribution in [0.4, 0.5) is 5.13 Å². The SMILES string of the molecule is COc1ccc(Cl)cc1-c1nc(SC(C)C(=O)Nc2nc(-c3ccccc3)cs2)n[nH]1. The van der Waals surface area contributed by atoms with Gasteiger partial charge in [-0.1, -0.05) is 53.7 Å². The molecular formula is C21H18ClN5O2S2. The lowest BCUT2D eigenvalue weighted by Crippen LogP contribution is -2.22. The molecule has 158 valence electrons. The summed E-state index contributed by atoms with van der Waals surface area (Å²) in [6, 6.07) is 15.1. The lowest BCUT2D eigenvalue weighted by molar-refractivity contribution is -0.115. The third-order valence-corrected chi connectivity index (χ3v) is 6.29. The highest BCUT2D eigenvalue weighted by Gasteiger charge is 2.20. The van der Waals surface area contributed by atoms with Crippen LogP contribution in [0.25, 0.3) is 22.6 Å². The zero-order valence-electron chi connectivity index (χ0n) is 16.6. The van der Waals surface area contributed by atoms with Crippen molar-refractivity contribution in [2.45, 2.75) is 17.3 Å². The standard InChI is InChI=1S/C21H18ClN5O2S2/c1-12(19(28)25-20-23-16(11-30-20)13-6-4-3-5-7-13)31-21-24-18(26-27-21)15-10-14(22)8-9-17(15)29-2/h3-12H,1-2H3,(H,23,25,28)(H,24,26,27). The molecule has 0 aliphatic rings. The predicted molar refractivity (Wildman–Crippen MR) is 125 cm³/mol. The summed E-state index contributed by atoms with van der Waals surface area (Å²) in [5, 5.41) is 13.0. The van der Waals surface area contributed by atoms with Crippen molar-refractivity contribution in [3.05, 3.63) is 58.9 Å². The van der Waals surface area contributed by atoms with E-state index in [1.807, 2.05) is 35.7 Å². The van der Waals surface area contributed by atoms with Gasteiger partial charge in [0.1, 0.15) is 5.75 Å². The lowest BCUT2D eigenvalue weighted by Gasteiger charge is -2.08. The summed E-state index contributed by atoms with van der Waals surface area (Å²) in [7, 11) is 1.58. The molecule has 2 N–H and O–H groups in total. The number of benzene rings is 2. The summed E-state index contributed by atoms with van der Waals surface area (Å²) >= 11 is 8.73. The fourth-order valence-electron chi connectivity index (χ4n) is 2.78. The summed E-state index contributed by atoms with van der Waals surface area (Å²) in [5.74, 6) is 0.966. The van der Waals surface area contributed by atoms with E-state index in [4.69, 9.17) is 16.3 Å². The quantitative estimate of drug-likeness (QED) is 0.352. The summed E-state index contributed by atoms with van der Waals surface area (Å²) in [5.41, 5.74) is 2.53. The molecule has 0 radical (unpaired) electrons. The van der Waals surface area contributed by atoms with E-state index in [1.165, 1.54) is 23.1 Å². The second-order valence-corrected chi connectivity index (χ2v) is 9.07. The Morgan fingerprint density at radius 1 is 1.23 bits per heavy atom. The molecule has 0 aliphatic carbocycles. The zero-order valence-corrected chi connectivity index (χ0v) is 19.0. The maximum absolute atomic E-state index is 12.6. The van der Waals surface area contributed by atoms with Crippen molar-refractivity contribution >= 4 is 45.7 Å². The number of anilines is 1. The van der Waals surface area contributed by atoms with Crippen molar-refractivity contribution in [1.29, 1.82) is 0 Å². The Kier molecular flexibility index (Phi) is 6.55. The number of hydrogen-bond donors (Lipinski definition) is 2. The average molecular weight is 472 g/mol. The summed E-state index contributed by atoms with van der Waals surface area (Å²) in [6.45, 7) is 1.79. The van der Waals surface area contributed by atoms with Gasteiger partial charge in [-0.15, -0.1) is 16.4 Å². The zero-order chi connectivity index (χ0) is 21.8. The number of aromatic amines is 1. The monoisotopic (exact) mass is 471 g/mol. The number of methoxy groups -OCH3 is 1. The maximum Gasteiger partial charge on any atom is 0.239 e. The largest absolute Gasteiger partial charge is 0.496 e. The van der Waals surface area contributed by atoms with Gasteiger partial charge in [-0.3, -0.25) is 9.89 Å². The Balaban J connectivity index is 1.41. The first-order valence-corrected chi connectivity index (χ1v) is 11.4. The van der Waals surface area contributed by atoms with Gasteiger partial charge in [0.15, 0.2) is 11.0 Å². The third-order valence-electron chi connectivity index (χ3n) is 4.34. The number of H-pyrrole nitrogens is 1. The Morgan fingerprint density at radius 3 is 2.81 bits per heavy atom. The van der Waals surface area contributed by atoms with E-state index in [0.717, 1.165) is 11.3 Å². The van der Waals surface area contributed by atoms with Crippen molar-refractivity contribution in [3.8, 4) is 28.4 Å². The van der Waals surface area contributed by atoms with Crippen LogP contribution in [-0.4, -0.2) is 38.4 Å². The number of halogens is 1. The molecule has 7 nitrogen and oxygen atoms in total. The molecule has 4 aromatic rings. The highest BCUT2D eigenvalue weighted by atomic mass is 35.5. The van der Waals surface area contributed by atoms with E-state index < -0.39 is 5.25 Å². The van der Waals surface area contributed by atoms with Crippen molar-refractivity contribution in [2.75, 3.05) is 12.4 Å². The number of nitrogens with one attached hydrogen (secondary N) is 2. The normalized spacial score (nSPS) is 11.8. The number of ether oxygens (including phenoxy) is 1. The van der Waals surface area contributed by atoms with E-state index in [0.29, 0.717) is 32.4 Å². The van der Waals surface area contributed by atoms with Crippen molar-refractivity contribution in [1.82, 2.24) is 20.2 Å². The molecule has 0 saturated carbocycles. The number of hydrogen-bond acceptors (Lipinski definition) is 7. The molecule has 1 amide bonds. The van der Waals surface area contributed by atoms with Crippen LogP contribution < -0.4 is 10.1 Å². The topological polar surface area (TPSA) is 92.8 Å². The molecule has 0 spiro atoms. The van der Waals surface area contributed by atoms with Crippen molar-refractivity contribution in [2.24, 2.45) is 0 Å². The van der Waals surface area contributed by atoms with E-state index in [2.05, 4.69) is 25.5 Å². The molecule has 2 aromatic carbocycles. The number of thioether (sulfide) groups is 1.